The fourth-order valence-electron chi connectivity index (χ4n) is 5.62. The van der Waals surface area contributed by atoms with Gasteiger partial charge in [0.2, 0.25) is 11.8 Å². The van der Waals surface area contributed by atoms with Gasteiger partial charge in [-0.2, -0.15) is 0 Å². The van der Waals surface area contributed by atoms with Crippen molar-refractivity contribution >= 4 is 50.7 Å². The molecule has 2 saturated heterocycles. The number of carbonyl (C=O) groups is 2. The number of hydrogen-bond acceptors (Lipinski definition) is 6. The molecule has 0 radical (unpaired) electrons. The van der Waals surface area contributed by atoms with Crippen LogP contribution in [-0.2, 0) is 22.6 Å². The van der Waals surface area contributed by atoms with Crippen LogP contribution in [-0.4, -0.2) is 65.2 Å². The zero-order valence-electron chi connectivity index (χ0n) is 19.6. The smallest absolute Gasteiger partial charge is 0.251 e. The summed E-state index contributed by atoms with van der Waals surface area (Å²) in [6.07, 6.45) is 1.90. The van der Waals surface area contributed by atoms with E-state index >= 15 is 0 Å². The number of halogens is 3. The Morgan fingerprint density at radius 1 is 1.08 bits per heavy atom. The van der Waals surface area contributed by atoms with E-state index in [0.717, 1.165) is 51.3 Å². The third-order valence-electron chi connectivity index (χ3n) is 7.28. The molecule has 10 heteroatoms. The summed E-state index contributed by atoms with van der Waals surface area (Å²) in [6.45, 7) is 2.20. The lowest BCUT2D eigenvalue weighted by molar-refractivity contribution is -0.138. The highest BCUT2D eigenvalue weighted by atomic mass is 35.5. The summed E-state index contributed by atoms with van der Waals surface area (Å²) in [5.74, 6) is -0.266. The molecule has 2 aromatic heterocycles. The van der Waals surface area contributed by atoms with Gasteiger partial charge in [0.15, 0.2) is 0 Å². The molecule has 0 bridgehead atoms. The second-order valence-corrected chi connectivity index (χ2v) is 11.3. The van der Waals surface area contributed by atoms with Crippen molar-refractivity contribution in [1.29, 1.82) is 0 Å². The first-order chi connectivity index (χ1) is 17.4. The first kappa shape index (κ1) is 23.8. The second-order valence-electron chi connectivity index (χ2n) is 9.68. The van der Waals surface area contributed by atoms with Crippen LogP contribution in [0.4, 0.5) is 14.5 Å². The number of alkyl halides is 2. The lowest BCUT2D eigenvalue weighted by Crippen LogP contribution is -2.61. The van der Waals surface area contributed by atoms with E-state index in [1.54, 1.807) is 22.4 Å². The molecular weight excluding hydrogens is 506 g/mol. The molecule has 0 saturated carbocycles. The number of benzene rings is 1. The number of nitrogens with zero attached hydrogens (tertiary/aromatic N) is 4. The molecule has 3 aromatic rings. The Kier molecular flexibility index (Phi) is 6.17. The quantitative estimate of drug-likeness (QED) is 0.421. The van der Waals surface area contributed by atoms with Gasteiger partial charge in [-0.25, -0.2) is 8.78 Å². The highest BCUT2D eigenvalue weighted by Crippen LogP contribution is 2.45. The van der Waals surface area contributed by atoms with E-state index in [0.29, 0.717) is 18.1 Å². The van der Waals surface area contributed by atoms with Crippen LogP contribution < -0.4 is 4.90 Å². The molecule has 3 aliphatic rings. The zero-order chi connectivity index (χ0) is 25.0. The Morgan fingerprint density at radius 3 is 2.61 bits per heavy atom. The molecule has 2 amide bonds. The molecule has 1 aromatic carbocycles. The Balaban J connectivity index is 1.38. The molecule has 3 aliphatic heterocycles. The number of rotatable bonds is 6. The third-order valence-corrected chi connectivity index (χ3v) is 8.64. The number of thiophene rings is 1. The average Bonchev–Trinajstić information content (AvgIpc) is 3.38. The number of fused-ring (bicyclic) bond motifs is 2. The molecule has 2 fully saturated rings. The number of amides is 2. The summed E-state index contributed by atoms with van der Waals surface area (Å²) < 4.78 is 26.7. The number of anilines is 1. The van der Waals surface area contributed by atoms with Crippen LogP contribution in [0.5, 0.6) is 0 Å². The van der Waals surface area contributed by atoms with E-state index in [1.807, 2.05) is 24.3 Å². The van der Waals surface area contributed by atoms with Crippen molar-refractivity contribution in [2.45, 2.75) is 44.7 Å². The largest absolute Gasteiger partial charge is 0.365 e. The molecular formula is C26H25ClF2N4O2S. The summed E-state index contributed by atoms with van der Waals surface area (Å²) in [5, 5.41) is 0.661. The van der Waals surface area contributed by atoms with Crippen LogP contribution >= 0.6 is 22.9 Å². The summed E-state index contributed by atoms with van der Waals surface area (Å²) in [4.78, 5) is 35.2. The van der Waals surface area contributed by atoms with Crippen molar-refractivity contribution in [3.63, 3.8) is 0 Å². The predicted molar refractivity (Wildman–Crippen MR) is 137 cm³/mol. The fraction of sp³-hybridized carbons (Fsp3) is 0.423. The molecule has 0 aliphatic carbocycles. The van der Waals surface area contributed by atoms with Crippen LogP contribution in [0.25, 0.3) is 21.3 Å². The lowest BCUT2D eigenvalue weighted by Gasteiger charge is -2.48. The van der Waals surface area contributed by atoms with Crippen molar-refractivity contribution in [2.24, 2.45) is 0 Å². The first-order valence-corrected chi connectivity index (χ1v) is 13.4. The minimum Gasteiger partial charge on any atom is -0.365 e. The van der Waals surface area contributed by atoms with Crippen LogP contribution in [0.1, 0.15) is 29.7 Å². The third kappa shape index (κ3) is 4.27. The topological polar surface area (TPSA) is 56.8 Å². The van der Waals surface area contributed by atoms with Crippen molar-refractivity contribution in [3.8, 4) is 11.1 Å². The Bertz CT molecular complexity index is 1340. The predicted octanol–water partition coefficient (Wildman–Crippen LogP) is 4.97. The average molecular weight is 531 g/mol. The van der Waals surface area contributed by atoms with Gasteiger partial charge in [0.1, 0.15) is 0 Å². The van der Waals surface area contributed by atoms with Crippen molar-refractivity contribution in [1.82, 2.24) is 14.8 Å². The maximum absolute atomic E-state index is 12.9. The molecule has 0 unspecified atom stereocenters. The van der Waals surface area contributed by atoms with Gasteiger partial charge in [-0.15, -0.1) is 11.3 Å². The van der Waals surface area contributed by atoms with Gasteiger partial charge in [-0.05, 0) is 42.7 Å². The SMILES string of the molecule is O=C1CCC(=O)N1Cc1cc2nccc(-c3cc(Cl)cc4c3N(C3CN(CC(F)F)C3)CCC4)c2s1. The Labute approximate surface area is 216 Å². The number of pyridine rings is 1. The van der Waals surface area contributed by atoms with Gasteiger partial charge in [-0.1, -0.05) is 11.6 Å². The number of aryl methyl sites for hydroxylation is 1. The van der Waals surface area contributed by atoms with Gasteiger partial charge in [0.05, 0.1) is 29.3 Å². The Morgan fingerprint density at radius 2 is 1.86 bits per heavy atom. The van der Waals surface area contributed by atoms with Crippen LogP contribution in [0.3, 0.4) is 0 Å². The van der Waals surface area contributed by atoms with Crippen molar-refractivity contribution in [2.75, 3.05) is 31.1 Å². The van der Waals surface area contributed by atoms with Crippen molar-refractivity contribution < 1.29 is 18.4 Å². The van der Waals surface area contributed by atoms with Crippen LogP contribution in [0.2, 0.25) is 5.02 Å². The van der Waals surface area contributed by atoms with Gasteiger partial charge in [0.25, 0.3) is 6.43 Å². The van der Waals surface area contributed by atoms with Gasteiger partial charge >= 0.3 is 0 Å². The van der Waals surface area contributed by atoms with Gasteiger partial charge < -0.3 is 4.90 Å². The molecule has 5 heterocycles. The standard InChI is InChI=1S/C26H25ClF2N4O2S/c27-16-8-15-2-1-7-32(17-11-31(12-17)14-22(28)29)25(15)20(9-16)19-5-6-30-21-10-18(36-26(19)21)13-33-23(34)3-4-24(33)35/h5-6,8-10,17,22H,1-4,7,11-14H2. The monoisotopic (exact) mass is 530 g/mol. The molecule has 36 heavy (non-hydrogen) atoms. The highest BCUT2D eigenvalue weighted by Gasteiger charge is 2.36. The summed E-state index contributed by atoms with van der Waals surface area (Å²) in [6, 6.07) is 8.12. The molecule has 0 spiro atoms. The fourth-order valence-corrected chi connectivity index (χ4v) is 7.00. The number of likely N-dealkylation sites (tertiary alicyclic amines) is 2. The highest BCUT2D eigenvalue weighted by molar-refractivity contribution is 7.19. The molecule has 6 rings (SSSR count). The minimum absolute atomic E-state index is 0.133. The molecule has 188 valence electrons. The lowest BCUT2D eigenvalue weighted by atomic mass is 9.91. The minimum atomic E-state index is -2.32. The van der Waals surface area contributed by atoms with E-state index in [9.17, 15) is 18.4 Å². The van der Waals surface area contributed by atoms with E-state index in [4.69, 9.17) is 11.6 Å². The number of hydrogen-bond donors (Lipinski definition) is 0. The van der Waals surface area contributed by atoms with Crippen LogP contribution in [0, 0.1) is 0 Å². The van der Waals surface area contributed by atoms with Gasteiger partial charge in [0, 0.05) is 65.4 Å². The van der Waals surface area contributed by atoms with Crippen molar-refractivity contribution in [3.05, 3.63) is 45.9 Å². The number of carbonyl (C=O) groups excluding carboxylic acids is 2. The summed E-state index contributed by atoms with van der Waals surface area (Å²) in [7, 11) is 0. The molecule has 6 nitrogen and oxygen atoms in total. The van der Waals surface area contributed by atoms with E-state index in [-0.39, 0.29) is 43.8 Å². The maximum atomic E-state index is 12.9. The normalized spacial score (nSPS) is 19.0. The van der Waals surface area contributed by atoms with E-state index < -0.39 is 6.43 Å². The van der Waals surface area contributed by atoms with Crippen LogP contribution in [0.15, 0.2) is 30.5 Å². The van der Waals surface area contributed by atoms with E-state index in [2.05, 4.69) is 9.88 Å². The number of imide groups is 1. The van der Waals surface area contributed by atoms with E-state index in [1.165, 1.54) is 10.5 Å². The maximum Gasteiger partial charge on any atom is 0.251 e. The first-order valence-electron chi connectivity index (χ1n) is 12.2. The van der Waals surface area contributed by atoms with Gasteiger partial charge in [-0.3, -0.25) is 24.4 Å². The molecule has 0 atom stereocenters. The Hall–Kier alpha value is -2.62. The summed E-state index contributed by atoms with van der Waals surface area (Å²) in [5.41, 5.74) is 5.13. The summed E-state index contributed by atoms with van der Waals surface area (Å²) >= 11 is 8.13. The zero-order valence-corrected chi connectivity index (χ0v) is 21.1. The number of aromatic nitrogens is 1. The molecule has 0 N–H and O–H groups in total. The second kappa shape index (κ2) is 9.36.